The summed E-state index contributed by atoms with van der Waals surface area (Å²) in [4.78, 5) is 11.2. The van der Waals surface area contributed by atoms with Crippen molar-refractivity contribution < 1.29 is 44.6 Å². The molecule has 2 unspecified atom stereocenters. The van der Waals surface area contributed by atoms with Crippen molar-refractivity contribution in [2.75, 3.05) is 95.3 Å². The number of aryl methyl sites for hydroxylation is 2. The van der Waals surface area contributed by atoms with E-state index in [9.17, 15) is 30.6 Å². The number of ether oxygens (including phenoxy) is 2. The fourth-order valence-corrected chi connectivity index (χ4v) is 12.0. The highest BCUT2D eigenvalue weighted by molar-refractivity contribution is 5.75. The Morgan fingerprint density at radius 2 is 1.31 bits per heavy atom. The number of rotatable bonds is 33. The summed E-state index contributed by atoms with van der Waals surface area (Å²) >= 11 is 0. The number of aliphatic hydroxyl groups is 6. The Morgan fingerprint density at radius 3 is 2.00 bits per heavy atom. The molecular formula is C65H97N7O9. The number of hydrogen-bond donors (Lipinski definition) is 8. The molecule has 0 aliphatic carbocycles. The summed E-state index contributed by atoms with van der Waals surface area (Å²) < 4.78 is 17.2. The first-order valence-electron chi connectivity index (χ1n) is 30.6. The molecule has 4 heterocycles. The summed E-state index contributed by atoms with van der Waals surface area (Å²) in [6.07, 6.45) is 20.2. The summed E-state index contributed by atoms with van der Waals surface area (Å²) in [5.74, 6) is 1.44. The van der Waals surface area contributed by atoms with E-state index in [1.54, 1.807) is 0 Å². The van der Waals surface area contributed by atoms with Crippen LogP contribution in [0, 0.1) is 5.92 Å². The predicted molar refractivity (Wildman–Crippen MR) is 323 cm³/mol. The van der Waals surface area contributed by atoms with Gasteiger partial charge in [0.2, 0.25) is 5.82 Å². The van der Waals surface area contributed by atoms with E-state index >= 15 is 0 Å². The molecule has 0 saturated heterocycles. The Kier molecular flexibility index (Phi) is 25.1. The lowest BCUT2D eigenvalue weighted by Gasteiger charge is -2.44. The van der Waals surface area contributed by atoms with E-state index in [0.29, 0.717) is 68.0 Å². The minimum atomic E-state index is -1.40. The van der Waals surface area contributed by atoms with Crippen molar-refractivity contribution in [3.8, 4) is 34.3 Å². The summed E-state index contributed by atoms with van der Waals surface area (Å²) in [5, 5.41) is 70.3. The lowest BCUT2D eigenvalue weighted by molar-refractivity contribution is -0.0260. The molecule has 0 amide bonds. The SMILES string of the molecule is CCCCCCCCc1ccc2c(c1)CCN(CC(CO)C(O)NC(CO)(CO)N1CCc3c(-c4noc(-c5ccc(OCC)c(OCC)c5)n4)cccc31)CC2.CCCCCCCCc1cccc2c1CCN2CC(N)(CO)CO. The molecule has 2 atom stereocenters. The molecule has 1 aromatic heterocycles. The molecule has 0 spiro atoms. The zero-order valence-electron chi connectivity index (χ0n) is 49.2. The number of aromatic nitrogens is 2. The van der Waals surface area contributed by atoms with Gasteiger partial charge in [0.1, 0.15) is 11.9 Å². The van der Waals surface area contributed by atoms with E-state index in [4.69, 9.17) is 24.7 Å². The molecule has 3 aliphatic heterocycles. The first-order valence-corrected chi connectivity index (χ1v) is 30.6. The lowest BCUT2D eigenvalue weighted by Crippen LogP contribution is -2.68. The number of fused-ring (bicyclic) bond motifs is 3. The molecule has 3 aliphatic rings. The van der Waals surface area contributed by atoms with Crippen LogP contribution in [0.3, 0.4) is 0 Å². The summed E-state index contributed by atoms with van der Waals surface area (Å²) in [7, 11) is 0. The van der Waals surface area contributed by atoms with Crippen molar-refractivity contribution in [1.82, 2.24) is 20.4 Å². The quantitative estimate of drug-likeness (QED) is 0.0146. The third-order valence-electron chi connectivity index (χ3n) is 16.8. The van der Waals surface area contributed by atoms with Crippen molar-refractivity contribution in [1.29, 1.82) is 0 Å². The zero-order chi connectivity index (χ0) is 57.6. The molecule has 81 heavy (non-hydrogen) atoms. The second-order valence-electron chi connectivity index (χ2n) is 22.7. The fourth-order valence-electron chi connectivity index (χ4n) is 12.0. The molecule has 0 bridgehead atoms. The average molecular weight is 1120 g/mol. The van der Waals surface area contributed by atoms with Crippen LogP contribution >= 0.6 is 0 Å². The third-order valence-corrected chi connectivity index (χ3v) is 16.8. The van der Waals surface area contributed by atoms with Crippen molar-refractivity contribution >= 4 is 11.4 Å². The van der Waals surface area contributed by atoms with Gasteiger partial charge < -0.3 is 65.1 Å². The Balaban J connectivity index is 0.000000329. The standard InChI is InChI=1S/C45H63N5O7.C20H34N2O2/c1-4-7-8-9-10-11-13-32-16-17-33-20-23-49(24-21-34(33)26-32)28-36(29-51)43(54)47-45(30-52,31-53)50-25-22-37-38(14-12-15-39(37)50)42-46-44(57-48-42)35-18-19-40(55-5-2)41(27-35)56-6-3;1-2-3-4-5-6-7-9-17-10-8-11-19-18(17)12-13-22(19)14-20(21,15-23)16-24/h12,14-19,26-27,36,43,47,51-54H,4-11,13,20-25,28-31H2,1-3H3;8,10-11,23-24H,2-7,9,12-16,21H2,1H3. The first-order chi connectivity index (χ1) is 39.5. The van der Waals surface area contributed by atoms with Gasteiger partial charge in [-0.2, -0.15) is 4.98 Å². The van der Waals surface area contributed by atoms with Gasteiger partial charge in [-0.1, -0.05) is 126 Å². The van der Waals surface area contributed by atoms with Gasteiger partial charge in [-0.25, -0.2) is 0 Å². The highest BCUT2D eigenvalue weighted by Gasteiger charge is 2.43. The average Bonchev–Trinajstić information content (AvgIpc) is 4.38. The molecule has 9 N–H and O–H groups in total. The number of nitrogens with zero attached hydrogens (tertiary/aromatic N) is 5. The third kappa shape index (κ3) is 16.8. The molecule has 0 fully saturated rings. The zero-order valence-corrected chi connectivity index (χ0v) is 49.2. The van der Waals surface area contributed by atoms with Crippen LogP contribution in [0.2, 0.25) is 0 Å². The molecule has 16 heteroatoms. The molecule has 5 aromatic rings. The summed E-state index contributed by atoms with van der Waals surface area (Å²) in [6, 6.07) is 24.7. The van der Waals surface area contributed by atoms with Crippen LogP contribution in [0.1, 0.15) is 138 Å². The number of nitrogens with two attached hydrogens (primary N) is 1. The highest BCUT2D eigenvalue weighted by atomic mass is 16.5. The van der Waals surface area contributed by atoms with E-state index in [1.165, 1.54) is 111 Å². The van der Waals surface area contributed by atoms with Crippen molar-refractivity contribution in [2.45, 2.75) is 161 Å². The van der Waals surface area contributed by atoms with E-state index in [1.807, 2.05) is 55.1 Å². The molecule has 446 valence electrons. The van der Waals surface area contributed by atoms with Crippen LogP contribution < -0.4 is 30.3 Å². The maximum Gasteiger partial charge on any atom is 0.258 e. The Bertz CT molecular complexity index is 2660. The van der Waals surface area contributed by atoms with E-state index in [-0.39, 0.29) is 19.8 Å². The summed E-state index contributed by atoms with van der Waals surface area (Å²) in [5.41, 5.74) is 15.2. The van der Waals surface area contributed by atoms with Crippen LogP contribution in [0.15, 0.2) is 77.3 Å². The maximum absolute atomic E-state index is 11.6. The lowest BCUT2D eigenvalue weighted by atomic mass is 9.97. The second kappa shape index (κ2) is 32.1. The minimum Gasteiger partial charge on any atom is -0.490 e. The topological polar surface area (TPSA) is 227 Å². The number of aliphatic hydroxyl groups excluding tert-OH is 6. The van der Waals surface area contributed by atoms with Crippen molar-refractivity contribution in [3.05, 3.63) is 106 Å². The Hall–Kier alpha value is -5.14. The summed E-state index contributed by atoms with van der Waals surface area (Å²) in [6.45, 7) is 11.7. The van der Waals surface area contributed by atoms with Crippen LogP contribution in [-0.4, -0.2) is 149 Å². The predicted octanol–water partition coefficient (Wildman–Crippen LogP) is 8.40. The van der Waals surface area contributed by atoms with Gasteiger partial charge in [-0.15, -0.1) is 0 Å². The van der Waals surface area contributed by atoms with E-state index < -0.39 is 36.6 Å². The number of unbranched alkanes of at least 4 members (excludes halogenated alkanes) is 10. The normalized spacial score (nSPS) is 15.2. The van der Waals surface area contributed by atoms with Gasteiger partial charge in [-0.3, -0.25) is 5.32 Å². The van der Waals surface area contributed by atoms with Crippen molar-refractivity contribution in [2.24, 2.45) is 11.7 Å². The van der Waals surface area contributed by atoms with Gasteiger partial charge in [0.25, 0.3) is 5.89 Å². The number of nitrogens with one attached hydrogen (secondary N) is 1. The van der Waals surface area contributed by atoms with Gasteiger partial charge in [0, 0.05) is 67.7 Å². The first kappa shape index (κ1) is 63.4. The highest BCUT2D eigenvalue weighted by Crippen LogP contribution is 2.40. The smallest absolute Gasteiger partial charge is 0.258 e. The van der Waals surface area contributed by atoms with Crippen LogP contribution in [0.25, 0.3) is 22.8 Å². The van der Waals surface area contributed by atoms with Gasteiger partial charge in [-0.05, 0) is 129 Å². The second-order valence-corrected chi connectivity index (χ2v) is 22.7. The van der Waals surface area contributed by atoms with Gasteiger partial charge >= 0.3 is 0 Å². The Labute approximate surface area is 482 Å². The van der Waals surface area contributed by atoms with Crippen LogP contribution in [-0.2, 0) is 38.5 Å². The largest absolute Gasteiger partial charge is 0.490 e. The number of hydrogen-bond acceptors (Lipinski definition) is 16. The van der Waals surface area contributed by atoms with Crippen LogP contribution in [0.5, 0.6) is 11.5 Å². The molecular weight excluding hydrogens is 1020 g/mol. The fraction of sp³-hybridized carbons (Fsp3) is 0.600. The Morgan fingerprint density at radius 1 is 0.654 bits per heavy atom. The molecule has 0 saturated carbocycles. The molecule has 0 radical (unpaired) electrons. The van der Waals surface area contributed by atoms with Gasteiger partial charge in [0.15, 0.2) is 11.5 Å². The molecule has 4 aromatic carbocycles. The monoisotopic (exact) mass is 1120 g/mol. The number of benzene rings is 4. The minimum absolute atomic E-state index is 0.202. The van der Waals surface area contributed by atoms with E-state index in [2.05, 4.69) is 70.5 Å². The molecule has 16 nitrogen and oxygen atoms in total. The number of anilines is 2. The van der Waals surface area contributed by atoms with Crippen LogP contribution in [0.4, 0.5) is 11.4 Å². The van der Waals surface area contributed by atoms with E-state index in [0.717, 1.165) is 68.6 Å². The van der Waals surface area contributed by atoms with Crippen molar-refractivity contribution in [3.63, 3.8) is 0 Å². The maximum atomic E-state index is 11.6. The molecule has 8 rings (SSSR count). The van der Waals surface area contributed by atoms with Gasteiger partial charge in [0.05, 0.1) is 51.8 Å².